The first-order valence-corrected chi connectivity index (χ1v) is 3.71. The van der Waals surface area contributed by atoms with Crippen LogP contribution in [0.4, 0.5) is 0 Å². The highest BCUT2D eigenvalue weighted by Crippen LogP contribution is 1.92. The van der Waals surface area contributed by atoms with E-state index in [0.29, 0.717) is 5.71 Å². The predicted octanol–water partition coefficient (Wildman–Crippen LogP) is 3.35. The molecule has 0 radical (unpaired) electrons. The van der Waals surface area contributed by atoms with Gasteiger partial charge in [0.2, 0.25) is 0 Å². The van der Waals surface area contributed by atoms with Crippen molar-refractivity contribution < 1.29 is 0 Å². The molecule has 0 saturated heterocycles. The van der Waals surface area contributed by atoms with Crippen molar-refractivity contribution in [3.05, 3.63) is 37.0 Å². The van der Waals surface area contributed by atoms with E-state index in [1.165, 1.54) is 0 Å². The SMILES string of the molecule is C=CC(=C)/C=C\C(C)=N.CC. The molecule has 62 valence electrons. The molecule has 0 aromatic rings. The highest BCUT2D eigenvalue weighted by molar-refractivity contribution is 5.90. The fourth-order valence-corrected chi connectivity index (χ4v) is 0.300. The van der Waals surface area contributed by atoms with Crippen LogP contribution in [-0.4, -0.2) is 5.71 Å². The van der Waals surface area contributed by atoms with Crippen molar-refractivity contribution in [2.45, 2.75) is 20.8 Å². The molecule has 0 aliphatic rings. The fourth-order valence-electron chi connectivity index (χ4n) is 0.300. The van der Waals surface area contributed by atoms with Crippen molar-refractivity contribution in [3.63, 3.8) is 0 Å². The average molecular weight is 151 g/mol. The first kappa shape index (κ1) is 12.6. The standard InChI is InChI=1S/C8H11N.C2H6/c1-4-7(2)5-6-8(3)9;1-2/h4-6,9H,1-2H2,3H3;1-2H3/b6-5-,9-8?;. The summed E-state index contributed by atoms with van der Waals surface area (Å²) in [7, 11) is 0. The van der Waals surface area contributed by atoms with Crippen LogP contribution >= 0.6 is 0 Å². The van der Waals surface area contributed by atoms with E-state index in [1.54, 1.807) is 25.2 Å². The van der Waals surface area contributed by atoms with Crippen molar-refractivity contribution >= 4 is 5.71 Å². The zero-order chi connectivity index (χ0) is 9.28. The molecule has 0 aromatic carbocycles. The number of hydrogen-bond donors (Lipinski definition) is 1. The van der Waals surface area contributed by atoms with Gasteiger partial charge in [0.05, 0.1) is 0 Å². The highest BCUT2D eigenvalue weighted by Gasteiger charge is 1.77. The normalized spacial score (nSPS) is 8.27. The predicted molar refractivity (Wildman–Crippen MR) is 53.2 cm³/mol. The Hall–Kier alpha value is -1.11. The monoisotopic (exact) mass is 151 g/mol. The first-order valence-electron chi connectivity index (χ1n) is 3.71. The van der Waals surface area contributed by atoms with E-state index >= 15 is 0 Å². The third-order valence-electron chi connectivity index (χ3n) is 0.810. The Morgan fingerprint density at radius 1 is 1.27 bits per heavy atom. The van der Waals surface area contributed by atoms with E-state index in [2.05, 4.69) is 13.2 Å². The second-order valence-corrected chi connectivity index (χ2v) is 1.80. The van der Waals surface area contributed by atoms with E-state index < -0.39 is 0 Å². The second-order valence-electron chi connectivity index (χ2n) is 1.80. The van der Waals surface area contributed by atoms with Crippen LogP contribution in [0.3, 0.4) is 0 Å². The molecule has 0 aliphatic carbocycles. The molecule has 0 bridgehead atoms. The quantitative estimate of drug-likeness (QED) is 0.472. The number of rotatable bonds is 3. The Morgan fingerprint density at radius 2 is 1.73 bits per heavy atom. The number of allylic oxidation sites excluding steroid dienone is 4. The van der Waals surface area contributed by atoms with Gasteiger partial charge < -0.3 is 5.41 Å². The van der Waals surface area contributed by atoms with Gasteiger partial charge >= 0.3 is 0 Å². The van der Waals surface area contributed by atoms with Gasteiger partial charge in [0.1, 0.15) is 0 Å². The molecular weight excluding hydrogens is 134 g/mol. The maximum atomic E-state index is 7.00. The summed E-state index contributed by atoms with van der Waals surface area (Å²) in [6.07, 6.45) is 5.10. The van der Waals surface area contributed by atoms with Crippen LogP contribution in [-0.2, 0) is 0 Å². The van der Waals surface area contributed by atoms with Crippen LogP contribution in [0, 0.1) is 5.41 Å². The van der Waals surface area contributed by atoms with Crippen LogP contribution in [0.5, 0.6) is 0 Å². The molecule has 0 spiro atoms. The van der Waals surface area contributed by atoms with Gasteiger partial charge in [-0.05, 0) is 18.6 Å². The fraction of sp³-hybridized carbons (Fsp3) is 0.300. The molecule has 0 rings (SSSR count). The van der Waals surface area contributed by atoms with Crippen molar-refractivity contribution in [2.75, 3.05) is 0 Å². The number of nitrogens with one attached hydrogen (secondary N) is 1. The molecule has 0 aromatic heterocycles. The smallest absolute Gasteiger partial charge is 0.0283 e. The molecule has 0 heterocycles. The molecule has 0 saturated carbocycles. The van der Waals surface area contributed by atoms with Crippen molar-refractivity contribution in [2.24, 2.45) is 0 Å². The summed E-state index contributed by atoms with van der Waals surface area (Å²) >= 11 is 0. The molecule has 0 aliphatic heterocycles. The van der Waals surface area contributed by atoms with Gasteiger partial charge in [-0.3, -0.25) is 0 Å². The second kappa shape index (κ2) is 8.89. The van der Waals surface area contributed by atoms with Gasteiger partial charge in [-0.2, -0.15) is 0 Å². The molecular formula is C10H17N. The van der Waals surface area contributed by atoms with E-state index in [0.717, 1.165) is 5.57 Å². The van der Waals surface area contributed by atoms with Crippen LogP contribution in [0.25, 0.3) is 0 Å². The van der Waals surface area contributed by atoms with E-state index in [4.69, 9.17) is 5.41 Å². The Labute approximate surface area is 69.6 Å². The van der Waals surface area contributed by atoms with Gasteiger partial charge in [0, 0.05) is 5.71 Å². The van der Waals surface area contributed by atoms with Crippen molar-refractivity contribution in [3.8, 4) is 0 Å². The summed E-state index contributed by atoms with van der Waals surface area (Å²) in [5.41, 5.74) is 1.36. The molecule has 0 fully saturated rings. The summed E-state index contributed by atoms with van der Waals surface area (Å²) in [4.78, 5) is 0. The molecule has 0 amide bonds. The van der Waals surface area contributed by atoms with Crippen LogP contribution in [0.1, 0.15) is 20.8 Å². The van der Waals surface area contributed by atoms with Gasteiger partial charge in [-0.25, -0.2) is 0 Å². The van der Waals surface area contributed by atoms with Gasteiger partial charge in [0.25, 0.3) is 0 Å². The molecule has 0 unspecified atom stereocenters. The zero-order valence-corrected chi connectivity index (χ0v) is 7.65. The summed E-state index contributed by atoms with van der Waals surface area (Å²) < 4.78 is 0. The van der Waals surface area contributed by atoms with Crippen LogP contribution in [0.2, 0.25) is 0 Å². The lowest BCUT2D eigenvalue weighted by Gasteiger charge is -1.84. The van der Waals surface area contributed by atoms with Crippen molar-refractivity contribution in [1.82, 2.24) is 0 Å². The zero-order valence-electron chi connectivity index (χ0n) is 7.65. The van der Waals surface area contributed by atoms with E-state index in [9.17, 15) is 0 Å². The summed E-state index contributed by atoms with van der Waals surface area (Å²) in [6, 6.07) is 0. The summed E-state index contributed by atoms with van der Waals surface area (Å²) in [6.45, 7) is 12.9. The molecule has 1 heteroatoms. The van der Waals surface area contributed by atoms with Crippen LogP contribution < -0.4 is 0 Å². The van der Waals surface area contributed by atoms with Crippen molar-refractivity contribution in [1.29, 1.82) is 5.41 Å². The minimum atomic E-state index is 0.526. The molecule has 11 heavy (non-hydrogen) atoms. The first-order chi connectivity index (χ1) is 5.16. The summed E-state index contributed by atoms with van der Waals surface area (Å²) in [5.74, 6) is 0. The highest BCUT2D eigenvalue weighted by atomic mass is 14.4. The topological polar surface area (TPSA) is 23.9 Å². The Bertz CT molecular complexity index is 164. The Morgan fingerprint density at radius 3 is 2.00 bits per heavy atom. The third-order valence-corrected chi connectivity index (χ3v) is 0.810. The Kier molecular flexibility index (Phi) is 10.1. The summed E-state index contributed by atoms with van der Waals surface area (Å²) in [5, 5.41) is 7.00. The molecule has 0 atom stereocenters. The number of hydrogen-bond acceptors (Lipinski definition) is 1. The third kappa shape index (κ3) is 12.2. The van der Waals surface area contributed by atoms with E-state index in [1.807, 2.05) is 13.8 Å². The largest absolute Gasteiger partial charge is 0.306 e. The van der Waals surface area contributed by atoms with Gasteiger partial charge in [0.15, 0.2) is 0 Å². The molecule has 1 nitrogen and oxygen atoms in total. The lowest BCUT2D eigenvalue weighted by atomic mass is 10.2. The maximum Gasteiger partial charge on any atom is 0.0283 e. The molecule has 1 N–H and O–H groups in total. The van der Waals surface area contributed by atoms with Gasteiger partial charge in [-0.1, -0.05) is 39.2 Å². The lowest BCUT2D eigenvalue weighted by Crippen LogP contribution is -1.77. The van der Waals surface area contributed by atoms with Gasteiger partial charge in [-0.15, -0.1) is 0 Å². The maximum absolute atomic E-state index is 7.00. The van der Waals surface area contributed by atoms with Crippen LogP contribution in [0.15, 0.2) is 37.0 Å². The average Bonchev–Trinajstić information content (AvgIpc) is 2.04. The lowest BCUT2D eigenvalue weighted by molar-refractivity contribution is 1.49. The minimum absolute atomic E-state index is 0.526. The minimum Gasteiger partial charge on any atom is -0.306 e. The Balaban J connectivity index is 0. The van der Waals surface area contributed by atoms with E-state index in [-0.39, 0.29) is 0 Å².